The maximum atomic E-state index is 13.5. The van der Waals surface area contributed by atoms with E-state index in [0.29, 0.717) is 6.54 Å². The van der Waals surface area contributed by atoms with Crippen molar-refractivity contribution in [3.63, 3.8) is 0 Å². The van der Waals surface area contributed by atoms with Crippen molar-refractivity contribution in [2.75, 3.05) is 13.6 Å². The van der Waals surface area contributed by atoms with Gasteiger partial charge in [0.2, 0.25) is 0 Å². The highest BCUT2D eigenvalue weighted by Crippen LogP contribution is 2.15. The fourth-order valence-electron chi connectivity index (χ4n) is 1.95. The van der Waals surface area contributed by atoms with E-state index in [1.165, 1.54) is 10.9 Å². The summed E-state index contributed by atoms with van der Waals surface area (Å²) in [7, 11) is 1.99. The fourth-order valence-corrected chi connectivity index (χ4v) is 2.65. The Labute approximate surface area is 116 Å². The van der Waals surface area contributed by atoms with Gasteiger partial charge in [0.1, 0.15) is 11.9 Å². The van der Waals surface area contributed by atoms with Gasteiger partial charge in [-0.15, -0.1) is 11.3 Å². The van der Waals surface area contributed by atoms with Gasteiger partial charge < -0.3 is 4.90 Å². The molecule has 0 fully saturated rings. The largest absolute Gasteiger partial charge is 0.302 e. The molecule has 4 heteroatoms. The molecule has 2 rings (SSSR count). The lowest BCUT2D eigenvalue weighted by Crippen LogP contribution is -2.21. The predicted octanol–water partition coefficient (Wildman–Crippen LogP) is 3.43. The summed E-state index contributed by atoms with van der Waals surface area (Å²) in [6, 6.07) is 10.9. The molecule has 98 valence electrons. The number of halogens is 1. The second-order valence-electron chi connectivity index (χ2n) is 4.45. The normalized spacial score (nSPS) is 10.6. The summed E-state index contributed by atoms with van der Waals surface area (Å²) in [4.78, 5) is 3.45. The lowest BCUT2D eigenvalue weighted by molar-refractivity contribution is 0.331. The summed E-state index contributed by atoms with van der Waals surface area (Å²) in [5.74, 6) is -0.438. The number of rotatable bonds is 5. The molecule has 1 aromatic carbocycles. The standard InChI is InChI=1S/C15H15FN2S/c1-18(8-7-13-5-3-9-19-13)11-12-4-2-6-15(16)14(12)10-17/h2-6,9H,7-8,11H2,1H3. The third-order valence-electron chi connectivity index (χ3n) is 2.97. The summed E-state index contributed by atoms with van der Waals surface area (Å²) >= 11 is 1.74. The van der Waals surface area contributed by atoms with Crippen LogP contribution in [0.5, 0.6) is 0 Å². The number of nitriles is 1. The number of hydrogen-bond acceptors (Lipinski definition) is 3. The molecule has 0 aliphatic rings. The third-order valence-corrected chi connectivity index (χ3v) is 3.91. The van der Waals surface area contributed by atoms with Crippen molar-refractivity contribution in [3.8, 4) is 6.07 Å². The van der Waals surface area contributed by atoms with Crippen molar-refractivity contribution in [1.29, 1.82) is 5.26 Å². The maximum absolute atomic E-state index is 13.5. The Balaban J connectivity index is 1.97. The highest BCUT2D eigenvalue weighted by molar-refractivity contribution is 7.09. The van der Waals surface area contributed by atoms with Crippen molar-refractivity contribution >= 4 is 11.3 Å². The fraction of sp³-hybridized carbons (Fsp3) is 0.267. The first-order valence-electron chi connectivity index (χ1n) is 6.09. The van der Waals surface area contributed by atoms with Gasteiger partial charge in [-0.05, 0) is 36.5 Å². The van der Waals surface area contributed by atoms with Crippen LogP contribution in [0, 0.1) is 17.1 Å². The van der Waals surface area contributed by atoms with Crippen molar-refractivity contribution < 1.29 is 4.39 Å². The average Bonchev–Trinajstić information content (AvgIpc) is 2.90. The van der Waals surface area contributed by atoms with E-state index in [-0.39, 0.29) is 5.56 Å². The Hall–Kier alpha value is -1.70. The maximum Gasteiger partial charge on any atom is 0.141 e. The predicted molar refractivity (Wildman–Crippen MR) is 75.5 cm³/mol. The zero-order valence-corrected chi connectivity index (χ0v) is 11.6. The van der Waals surface area contributed by atoms with Gasteiger partial charge in [0.15, 0.2) is 0 Å². The SMILES string of the molecule is CN(CCc1cccs1)Cc1cccc(F)c1C#N. The third kappa shape index (κ3) is 3.63. The lowest BCUT2D eigenvalue weighted by atomic mass is 10.1. The quantitative estimate of drug-likeness (QED) is 0.835. The molecule has 0 bridgehead atoms. The summed E-state index contributed by atoms with van der Waals surface area (Å²) in [6.07, 6.45) is 0.978. The second kappa shape index (κ2) is 6.46. The minimum absolute atomic E-state index is 0.158. The highest BCUT2D eigenvalue weighted by Gasteiger charge is 2.09. The van der Waals surface area contributed by atoms with Crippen molar-refractivity contribution in [2.24, 2.45) is 0 Å². The molecular weight excluding hydrogens is 259 g/mol. The van der Waals surface area contributed by atoms with Gasteiger partial charge in [-0.3, -0.25) is 0 Å². The monoisotopic (exact) mass is 274 g/mol. The van der Waals surface area contributed by atoms with Gasteiger partial charge in [-0.25, -0.2) is 4.39 Å². The lowest BCUT2D eigenvalue weighted by Gasteiger charge is -2.17. The van der Waals surface area contributed by atoms with Gasteiger partial charge in [0.05, 0.1) is 5.56 Å². The van der Waals surface area contributed by atoms with E-state index >= 15 is 0 Å². The molecule has 0 radical (unpaired) electrons. The smallest absolute Gasteiger partial charge is 0.141 e. The van der Waals surface area contributed by atoms with Gasteiger partial charge in [-0.2, -0.15) is 5.26 Å². The first kappa shape index (κ1) is 13.7. The first-order chi connectivity index (χ1) is 9.20. The number of thiophene rings is 1. The molecule has 0 unspecified atom stereocenters. The number of benzene rings is 1. The van der Waals surface area contributed by atoms with E-state index in [0.717, 1.165) is 18.5 Å². The molecule has 0 saturated carbocycles. The van der Waals surface area contributed by atoms with E-state index in [2.05, 4.69) is 16.3 Å². The Bertz CT molecular complexity index is 572. The van der Waals surface area contributed by atoms with Crippen LogP contribution in [0.4, 0.5) is 4.39 Å². The van der Waals surface area contributed by atoms with Crippen molar-refractivity contribution in [3.05, 3.63) is 57.5 Å². The first-order valence-corrected chi connectivity index (χ1v) is 6.97. The molecule has 0 aliphatic carbocycles. The second-order valence-corrected chi connectivity index (χ2v) is 5.49. The Morgan fingerprint density at radius 1 is 1.32 bits per heavy atom. The summed E-state index contributed by atoms with van der Waals surface area (Å²) in [5.41, 5.74) is 0.904. The van der Waals surface area contributed by atoms with Crippen molar-refractivity contribution in [2.45, 2.75) is 13.0 Å². The molecule has 0 aliphatic heterocycles. The van der Waals surface area contributed by atoms with Crippen LogP contribution in [0.25, 0.3) is 0 Å². The van der Waals surface area contributed by atoms with Crippen LogP contribution in [-0.2, 0) is 13.0 Å². The number of nitrogens with zero attached hydrogens (tertiary/aromatic N) is 2. The summed E-state index contributed by atoms with van der Waals surface area (Å²) < 4.78 is 13.5. The molecule has 0 amide bonds. The zero-order valence-electron chi connectivity index (χ0n) is 10.8. The molecule has 1 heterocycles. The van der Waals surface area contributed by atoms with E-state index < -0.39 is 5.82 Å². The van der Waals surface area contributed by atoms with E-state index in [1.807, 2.05) is 25.2 Å². The molecule has 0 saturated heterocycles. The van der Waals surface area contributed by atoms with Crippen molar-refractivity contribution in [1.82, 2.24) is 4.90 Å². The van der Waals surface area contributed by atoms with Crippen LogP contribution >= 0.6 is 11.3 Å². The molecule has 2 aromatic rings. The summed E-state index contributed by atoms with van der Waals surface area (Å²) in [6.45, 7) is 1.48. The Morgan fingerprint density at radius 3 is 2.84 bits per heavy atom. The minimum Gasteiger partial charge on any atom is -0.302 e. The van der Waals surface area contributed by atoms with Crippen LogP contribution in [0.2, 0.25) is 0 Å². The van der Waals surface area contributed by atoms with Crippen LogP contribution in [0.3, 0.4) is 0 Å². The molecular formula is C15H15FN2S. The van der Waals surface area contributed by atoms with Crippen LogP contribution in [-0.4, -0.2) is 18.5 Å². The minimum atomic E-state index is -0.438. The average molecular weight is 274 g/mol. The number of hydrogen-bond donors (Lipinski definition) is 0. The van der Waals surface area contributed by atoms with Crippen LogP contribution in [0.1, 0.15) is 16.0 Å². The van der Waals surface area contributed by atoms with Gasteiger partial charge in [-0.1, -0.05) is 18.2 Å². The molecule has 19 heavy (non-hydrogen) atoms. The van der Waals surface area contributed by atoms with Gasteiger partial charge in [0.25, 0.3) is 0 Å². The highest BCUT2D eigenvalue weighted by atomic mass is 32.1. The number of likely N-dealkylation sites (N-methyl/N-ethyl adjacent to an activating group) is 1. The van der Waals surface area contributed by atoms with Crippen LogP contribution in [0.15, 0.2) is 35.7 Å². The molecule has 0 atom stereocenters. The van der Waals surface area contributed by atoms with E-state index in [1.54, 1.807) is 17.4 Å². The van der Waals surface area contributed by atoms with E-state index in [9.17, 15) is 4.39 Å². The van der Waals surface area contributed by atoms with E-state index in [4.69, 9.17) is 5.26 Å². The molecule has 1 aromatic heterocycles. The zero-order chi connectivity index (χ0) is 13.7. The Morgan fingerprint density at radius 2 is 2.16 bits per heavy atom. The van der Waals surface area contributed by atoms with Gasteiger partial charge in [0, 0.05) is 18.0 Å². The van der Waals surface area contributed by atoms with Gasteiger partial charge >= 0.3 is 0 Å². The topological polar surface area (TPSA) is 27.0 Å². The Kier molecular flexibility index (Phi) is 4.67. The summed E-state index contributed by atoms with van der Waals surface area (Å²) in [5, 5.41) is 11.1. The van der Waals surface area contributed by atoms with Crippen LogP contribution < -0.4 is 0 Å². The molecule has 0 spiro atoms. The molecule has 2 nitrogen and oxygen atoms in total. The molecule has 0 N–H and O–H groups in total.